The minimum absolute atomic E-state index is 0.408. The second-order valence-corrected chi connectivity index (χ2v) is 7.33. The molecule has 0 unspecified atom stereocenters. The van der Waals surface area contributed by atoms with Crippen LogP contribution in [0.1, 0.15) is 28.1 Å². The molecule has 7 heteroatoms. The van der Waals surface area contributed by atoms with E-state index in [1.807, 2.05) is 42.1 Å². The van der Waals surface area contributed by atoms with Crippen molar-refractivity contribution < 1.29 is 17.9 Å². The number of fused-ring (bicyclic) bond motifs is 1. The van der Waals surface area contributed by atoms with Crippen LogP contribution in [0, 0.1) is 0 Å². The van der Waals surface area contributed by atoms with Gasteiger partial charge in [-0.25, -0.2) is 4.98 Å². The number of halogens is 3. The Morgan fingerprint density at radius 3 is 2.55 bits per heavy atom. The Morgan fingerprint density at radius 2 is 1.86 bits per heavy atom. The van der Waals surface area contributed by atoms with Gasteiger partial charge in [-0.2, -0.15) is 13.2 Å². The van der Waals surface area contributed by atoms with Crippen LogP contribution in [0.3, 0.4) is 0 Å². The van der Waals surface area contributed by atoms with E-state index in [0.717, 1.165) is 41.4 Å². The van der Waals surface area contributed by atoms with Crippen molar-refractivity contribution in [3.63, 3.8) is 0 Å². The van der Waals surface area contributed by atoms with Gasteiger partial charge in [0.15, 0.2) is 0 Å². The predicted molar refractivity (Wildman–Crippen MR) is 103 cm³/mol. The second kappa shape index (κ2) is 7.91. The lowest BCUT2D eigenvalue weighted by Gasteiger charge is -2.29. The quantitative estimate of drug-likeness (QED) is 0.627. The molecule has 4 rings (SSSR count). The highest BCUT2D eigenvalue weighted by atomic mass is 19.4. The molecule has 0 atom stereocenters. The molecule has 0 aliphatic carbocycles. The molecule has 2 heterocycles. The summed E-state index contributed by atoms with van der Waals surface area (Å²) in [7, 11) is 1.93. The summed E-state index contributed by atoms with van der Waals surface area (Å²) >= 11 is 0. The predicted octanol–water partition coefficient (Wildman–Crippen LogP) is 4.58. The van der Waals surface area contributed by atoms with Gasteiger partial charge in [-0.1, -0.05) is 18.2 Å². The molecule has 4 nitrogen and oxygen atoms in total. The highest BCUT2D eigenvalue weighted by Gasteiger charge is 2.31. The zero-order valence-corrected chi connectivity index (χ0v) is 16.1. The van der Waals surface area contributed by atoms with Gasteiger partial charge in [-0.05, 0) is 47.4 Å². The average Bonchev–Trinajstić information content (AvgIpc) is 3.11. The van der Waals surface area contributed by atoms with E-state index >= 15 is 0 Å². The second-order valence-electron chi connectivity index (χ2n) is 7.33. The number of imidazole rings is 1. The minimum atomic E-state index is -4.29. The van der Waals surface area contributed by atoms with Gasteiger partial charge >= 0.3 is 6.18 Å². The number of hydrogen-bond acceptors (Lipinski definition) is 3. The van der Waals surface area contributed by atoms with Gasteiger partial charge in [0.1, 0.15) is 18.2 Å². The van der Waals surface area contributed by atoms with Crippen molar-refractivity contribution in [2.45, 2.75) is 32.3 Å². The number of aromatic nitrogens is 2. The molecule has 0 fully saturated rings. The van der Waals surface area contributed by atoms with Gasteiger partial charge in [-0.15, -0.1) is 0 Å². The van der Waals surface area contributed by atoms with Crippen LogP contribution >= 0.6 is 0 Å². The number of aryl methyl sites for hydroxylation is 1. The molecule has 3 aromatic rings. The van der Waals surface area contributed by atoms with Gasteiger partial charge < -0.3 is 9.30 Å². The molecule has 1 aliphatic rings. The molecule has 0 amide bonds. The van der Waals surface area contributed by atoms with Crippen LogP contribution in [0.4, 0.5) is 13.2 Å². The third-order valence-corrected chi connectivity index (χ3v) is 5.24. The van der Waals surface area contributed by atoms with E-state index in [4.69, 9.17) is 4.74 Å². The zero-order valence-electron chi connectivity index (χ0n) is 16.1. The van der Waals surface area contributed by atoms with Crippen LogP contribution in [0.15, 0.2) is 54.9 Å². The normalized spacial score (nSPS) is 14.6. The van der Waals surface area contributed by atoms with Gasteiger partial charge in [0.25, 0.3) is 0 Å². The average molecular weight is 401 g/mol. The number of alkyl halides is 3. The number of ether oxygens (including phenoxy) is 1. The molecule has 1 aliphatic heterocycles. The Balaban J connectivity index is 1.35. The van der Waals surface area contributed by atoms with Crippen LogP contribution in [-0.2, 0) is 39.3 Å². The first-order valence-corrected chi connectivity index (χ1v) is 9.48. The minimum Gasteiger partial charge on any atom is -0.486 e. The fraction of sp³-hybridized carbons (Fsp3) is 0.318. The molecular formula is C22H22F3N3O. The van der Waals surface area contributed by atoms with Gasteiger partial charge in [-0.3, -0.25) is 4.90 Å². The van der Waals surface area contributed by atoms with Crippen molar-refractivity contribution in [1.82, 2.24) is 14.5 Å². The molecule has 0 N–H and O–H groups in total. The van der Waals surface area contributed by atoms with Crippen LogP contribution in [0.2, 0.25) is 0 Å². The summed E-state index contributed by atoms with van der Waals surface area (Å²) in [4.78, 5) is 6.48. The van der Waals surface area contributed by atoms with E-state index in [0.29, 0.717) is 19.6 Å². The van der Waals surface area contributed by atoms with E-state index in [9.17, 15) is 13.2 Å². The molecule has 0 saturated heterocycles. The largest absolute Gasteiger partial charge is 0.486 e. The third kappa shape index (κ3) is 4.62. The van der Waals surface area contributed by atoms with Crippen molar-refractivity contribution in [2.75, 3.05) is 6.54 Å². The Morgan fingerprint density at radius 1 is 1.07 bits per heavy atom. The van der Waals surface area contributed by atoms with E-state index in [-0.39, 0.29) is 0 Å². The van der Waals surface area contributed by atoms with Gasteiger partial charge in [0.05, 0.1) is 5.56 Å². The summed E-state index contributed by atoms with van der Waals surface area (Å²) in [5.74, 6) is 1.63. The monoisotopic (exact) mass is 401 g/mol. The van der Waals surface area contributed by atoms with E-state index in [1.54, 1.807) is 12.3 Å². The zero-order chi connectivity index (χ0) is 20.4. The SMILES string of the molecule is Cn1ccnc1COc1ccc(CN2CCc3cc(C(F)(F)F)ccc3C2)cc1. The lowest BCUT2D eigenvalue weighted by molar-refractivity contribution is -0.137. The maximum atomic E-state index is 12.9. The van der Waals surface area contributed by atoms with Crippen molar-refractivity contribution in [2.24, 2.45) is 7.05 Å². The summed E-state index contributed by atoms with van der Waals surface area (Å²) in [6, 6.07) is 12.0. The summed E-state index contributed by atoms with van der Waals surface area (Å²) in [5.41, 5.74) is 2.35. The molecule has 0 radical (unpaired) electrons. The molecule has 2 aromatic carbocycles. The Kier molecular flexibility index (Phi) is 5.32. The van der Waals surface area contributed by atoms with Crippen molar-refractivity contribution >= 4 is 0 Å². The summed E-state index contributed by atoms with van der Waals surface area (Å²) in [5, 5.41) is 0. The maximum Gasteiger partial charge on any atom is 0.416 e. The van der Waals surface area contributed by atoms with Gasteiger partial charge in [0, 0.05) is 39.1 Å². The number of hydrogen-bond donors (Lipinski definition) is 0. The Hall–Kier alpha value is -2.80. The number of rotatable bonds is 5. The molecule has 0 saturated carbocycles. The highest BCUT2D eigenvalue weighted by molar-refractivity contribution is 5.35. The molecule has 152 valence electrons. The van der Waals surface area contributed by atoms with Crippen molar-refractivity contribution in [3.05, 3.63) is 82.9 Å². The van der Waals surface area contributed by atoms with Crippen LogP contribution in [0.5, 0.6) is 5.75 Å². The van der Waals surface area contributed by atoms with E-state index in [2.05, 4.69) is 9.88 Å². The molecule has 1 aromatic heterocycles. The third-order valence-electron chi connectivity index (χ3n) is 5.24. The smallest absolute Gasteiger partial charge is 0.416 e. The molecule has 0 spiro atoms. The van der Waals surface area contributed by atoms with Crippen LogP contribution in [0.25, 0.3) is 0 Å². The van der Waals surface area contributed by atoms with Crippen LogP contribution in [-0.4, -0.2) is 21.0 Å². The Bertz CT molecular complexity index is 980. The molecular weight excluding hydrogens is 379 g/mol. The highest BCUT2D eigenvalue weighted by Crippen LogP contribution is 2.32. The summed E-state index contributed by atoms with van der Waals surface area (Å²) in [6.45, 7) is 2.56. The van der Waals surface area contributed by atoms with Crippen LogP contribution < -0.4 is 4.74 Å². The molecule has 29 heavy (non-hydrogen) atoms. The molecule has 0 bridgehead atoms. The topological polar surface area (TPSA) is 30.3 Å². The first-order chi connectivity index (χ1) is 13.9. The fourth-order valence-electron chi connectivity index (χ4n) is 3.56. The van der Waals surface area contributed by atoms with Gasteiger partial charge in [0.2, 0.25) is 0 Å². The first kappa shape index (κ1) is 19.5. The maximum absolute atomic E-state index is 12.9. The lowest BCUT2D eigenvalue weighted by Crippen LogP contribution is -2.30. The number of benzene rings is 2. The lowest BCUT2D eigenvalue weighted by atomic mass is 9.96. The van der Waals surface area contributed by atoms with E-state index in [1.165, 1.54) is 12.1 Å². The van der Waals surface area contributed by atoms with Crippen molar-refractivity contribution in [1.29, 1.82) is 0 Å². The van der Waals surface area contributed by atoms with Crippen molar-refractivity contribution in [3.8, 4) is 5.75 Å². The fourth-order valence-corrected chi connectivity index (χ4v) is 3.56. The standard InChI is InChI=1S/C22H22F3N3O/c1-27-11-9-26-21(27)15-29-20-6-2-16(3-7-20)13-28-10-8-17-12-19(22(23,24)25)5-4-18(17)14-28/h2-7,9,11-12H,8,10,13-15H2,1H3. The summed E-state index contributed by atoms with van der Waals surface area (Å²) in [6.07, 6.45) is -0.0403. The first-order valence-electron chi connectivity index (χ1n) is 9.48. The Labute approximate surface area is 167 Å². The number of nitrogens with zero attached hydrogens (tertiary/aromatic N) is 3. The van der Waals surface area contributed by atoms with E-state index < -0.39 is 11.7 Å². The summed E-state index contributed by atoms with van der Waals surface area (Å²) < 4.78 is 46.3.